The first-order valence-electron chi connectivity index (χ1n) is 8.07. The molecular formula is C20H23NO4. The lowest BCUT2D eigenvalue weighted by Gasteiger charge is -2.12. The fourth-order valence-corrected chi connectivity index (χ4v) is 2.72. The molecule has 0 aromatic heterocycles. The van der Waals surface area contributed by atoms with Gasteiger partial charge in [-0.25, -0.2) is 4.79 Å². The maximum atomic E-state index is 12.5. The predicted molar refractivity (Wildman–Crippen MR) is 97.2 cm³/mol. The Morgan fingerprint density at radius 2 is 1.56 bits per heavy atom. The molecule has 1 amide bonds. The molecule has 25 heavy (non-hydrogen) atoms. The fourth-order valence-electron chi connectivity index (χ4n) is 2.72. The summed E-state index contributed by atoms with van der Waals surface area (Å²) in [7, 11) is 1.54. The molecule has 0 aliphatic heterocycles. The van der Waals surface area contributed by atoms with E-state index in [9.17, 15) is 9.59 Å². The van der Waals surface area contributed by atoms with Gasteiger partial charge in [0.2, 0.25) is 0 Å². The van der Waals surface area contributed by atoms with Gasteiger partial charge in [-0.15, -0.1) is 0 Å². The Bertz CT molecular complexity index is 743. The summed E-state index contributed by atoms with van der Waals surface area (Å²) in [4.78, 5) is 24.4. The van der Waals surface area contributed by atoms with E-state index >= 15 is 0 Å². The van der Waals surface area contributed by atoms with Crippen molar-refractivity contribution in [3.63, 3.8) is 0 Å². The van der Waals surface area contributed by atoms with Crippen LogP contribution in [-0.2, 0) is 9.47 Å². The number of nitrogens with one attached hydrogen (secondary N) is 1. The van der Waals surface area contributed by atoms with E-state index in [0.29, 0.717) is 23.4 Å². The highest BCUT2D eigenvalue weighted by Crippen LogP contribution is 2.19. The molecule has 0 heterocycles. The molecule has 0 saturated carbocycles. The van der Waals surface area contributed by atoms with Crippen molar-refractivity contribution >= 4 is 17.6 Å². The van der Waals surface area contributed by atoms with Crippen molar-refractivity contribution in [3.8, 4) is 0 Å². The number of esters is 1. The second kappa shape index (κ2) is 8.44. The van der Waals surface area contributed by atoms with Crippen LogP contribution in [0.4, 0.5) is 5.69 Å². The van der Waals surface area contributed by atoms with Gasteiger partial charge >= 0.3 is 5.97 Å². The van der Waals surface area contributed by atoms with E-state index in [2.05, 4.69) is 5.32 Å². The Labute approximate surface area is 148 Å². The molecule has 0 aliphatic rings. The first kappa shape index (κ1) is 18.7. The Morgan fingerprint density at radius 1 is 0.960 bits per heavy atom. The molecule has 0 saturated heterocycles. The third kappa shape index (κ3) is 4.90. The van der Waals surface area contributed by atoms with Crippen LogP contribution in [-0.4, -0.2) is 32.2 Å². The molecule has 0 unspecified atom stereocenters. The molecule has 5 nitrogen and oxygen atoms in total. The third-order valence-electron chi connectivity index (χ3n) is 3.80. The molecule has 0 bridgehead atoms. The minimum absolute atomic E-state index is 0.162. The van der Waals surface area contributed by atoms with Crippen LogP contribution in [0.2, 0.25) is 0 Å². The minimum atomic E-state index is -0.417. The maximum absolute atomic E-state index is 12.5. The molecule has 0 spiro atoms. The van der Waals surface area contributed by atoms with Crippen LogP contribution in [0.3, 0.4) is 0 Å². The van der Waals surface area contributed by atoms with Crippen molar-refractivity contribution in [3.05, 3.63) is 64.2 Å². The van der Waals surface area contributed by atoms with Crippen LogP contribution in [0.1, 0.15) is 37.4 Å². The van der Waals surface area contributed by atoms with Crippen molar-refractivity contribution in [2.75, 3.05) is 25.6 Å². The second-order valence-electron chi connectivity index (χ2n) is 5.93. The number of anilines is 1. The van der Waals surface area contributed by atoms with Gasteiger partial charge < -0.3 is 14.8 Å². The highest BCUT2D eigenvalue weighted by molar-refractivity contribution is 6.06. The van der Waals surface area contributed by atoms with Crippen LogP contribution in [0.5, 0.6) is 0 Å². The van der Waals surface area contributed by atoms with Crippen LogP contribution in [0.25, 0.3) is 0 Å². The lowest BCUT2D eigenvalue weighted by molar-refractivity contribution is 0.0388. The number of methoxy groups -OCH3 is 1. The topological polar surface area (TPSA) is 64.6 Å². The number of hydrogen-bond acceptors (Lipinski definition) is 4. The van der Waals surface area contributed by atoms with Gasteiger partial charge in [0, 0.05) is 18.4 Å². The van der Waals surface area contributed by atoms with Crippen molar-refractivity contribution in [2.24, 2.45) is 0 Å². The molecule has 0 fully saturated rings. The zero-order chi connectivity index (χ0) is 18.4. The van der Waals surface area contributed by atoms with E-state index in [4.69, 9.17) is 9.47 Å². The second-order valence-corrected chi connectivity index (χ2v) is 5.93. The quantitative estimate of drug-likeness (QED) is 0.643. The Kier molecular flexibility index (Phi) is 6.31. The third-order valence-corrected chi connectivity index (χ3v) is 3.80. The van der Waals surface area contributed by atoms with Gasteiger partial charge in [0.05, 0.1) is 12.2 Å². The number of ether oxygens (including phenoxy) is 2. The van der Waals surface area contributed by atoms with Crippen molar-refractivity contribution in [1.82, 2.24) is 0 Å². The minimum Gasteiger partial charge on any atom is -0.460 e. The first-order valence-corrected chi connectivity index (χ1v) is 8.07. The number of rotatable bonds is 6. The summed E-state index contributed by atoms with van der Waals surface area (Å²) >= 11 is 0. The van der Waals surface area contributed by atoms with Gasteiger partial charge in [0.1, 0.15) is 6.61 Å². The summed E-state index contributed by atoms with van der Waals surface area (Å²) in [5, 5.41) is 2.87. The van der Waals surface area contributed by atoms with E-state index < -0.39 is 5.97 Å². The molecule has 2 rings (SSSR count). The van der Waals surface area contributed by atoms with Crippen molar-refractivity contribution < 1.29 is 19.1 Å². The standard InChI is InChI=1S/C20H23NO4/c1-13-11-14(2)18(15(3)12-13)19(22)21-17-7-5-16(6-8-17)20(23)25-10-9-24-4/h5-8,11-12H,9-10H2,1-4H3,(H,21,22). The Morgan fingerprint density at radius 3 is 2.12 bits per heavy atom. The lowest BCUT2D eigenvalue weighted by atomic mass is 9.99. The average molecular weight is 341 g/mol. The normalized spacial score (nSPS) is 10.4. The maximum Gasteiger partial charge on any atom is 0.338 e. The van der Waals surface area contributed by atoms with Crippen molar-refractivity contribution in [2.45, 2.75) is 20.8 Å². The average Bonchev–Trinajstić information content (AvgIpc) is 2.54. The molecule has 0 atom stereocenters. The van der Waals surface area contributed by atoms with E-state index in [1.807, 2.05) is 32.9 Å². The van der Waals surface area contributed by atoms with E-state index in [-0.39, 0.29) is 12.5 Å². The molecule has 0 radical (unpaired) electrons. The smallest absolute Gasteiger partial charge is 0.338 e. The lowest BCUT2D eigenvalue weighted by Crippen LogP contribution is -2.15. The summed E-state index contributed by atoms with van der Waals surface area (Å²) in [5.41, 5.74) is 4.73. The first-order chi connectivity index (χ1) is 11.9. The van der Waals surface area contributed by atoms with Crippen LogP contribution in [0.15, 0.2) is 36.4 Å². The van der Waals surface area contributed by atoms with E-state index in [1.165, 1.54) is 0 Å². The number of carbonyl (C=O) groups is 2. The van der Waals surface area contributed by atoms with Gasteiger partial charge in [-0.05, 0) is 56.2 Å². The highest BCUT2D eigenvalue weighted by Gasteiger charge is 2.13. The van der Waals surface area contributed by atoms with E-state index in [1.54, 1.807) is 31.4 Å². The number of carbonyl (C=O) groups excluding carboxylic acids is 2. The zero-order valence-corrected chi connectivity index (χ0v) is 15.0. The van der Waals surface area contributed by atoms with Crippen LogP contribution >= 0.6 is 0 Å². The Balaban J connectivity index is 2.06. The fraction of sp³-hybridized carbons (Fsp3) is 0.300. The van der Waals surface area contributed by atoms with Gasteiger partial charge in [-0.3, -0.25) is 4.79 Å². The summed E-state index contributed by atoms with van der Waals surface area (Å²) in [6.45, 7) is 6.42. The molecular weight excluding hydrogens is 318 g/mol. The molecule has 132 valence electrons. The zero-order valence-electron chi connectivity index (χ0n) is 15.0. The molecule has 1 N–H and O–H groups in total. The largest absolute Gasteiger partial charge is 0.460 e. The van der Waals surface area contributed by atoms with Crippen LogP contribution in [0, 0.1) is 20.8 Å². The number of aryl methyl sites for hydroxylation is 3. The molecule has 2 aromatic carbocycles. The summed E-state index contributed by atoms with van der Waals surface area (Å²) in [6, 6.07) is 10.6. The van der Waals surface area contributed by atoms with E-state index in [0.717, 1.165) is 16.7 Å². The van der Waals surface area contributed by atoms with Crippen molar-refractivity contribution in [1.29, 1.82) is 0 Å². The summed E-state index contributed by atoms with van der Waals surface area (Å²) in [5.74, 6) is -0.578. The monoisotopic (exact) mass is 341 g/mol. The highest BCUT2D eigenvalue weighted by atomic mass is 16.6. The number of hydrogen-bond donors (Lipinski definition) is 1. The summed E-state index contributed by atoms with van der Waals surface area (Å²) in [6.07, 6.45) is 0. The molecule has 0 aliphatic carbocycles. The summed E-state index contributed by atoms with van der Waals surface area (Å²) < 4.78 is 9.89. The van der Waals surface area contributed by atoms with Gasteiger partial charge in [-0.2, -0.15) is 0 Å². The van der Waals surface area contributed by atoms with Gasteiger partial charge in [0.25, 0.3) is 5.91 Å². The van der Waals surface area contributed by atoms with Crippen LogP contribution < -0.4 is 5.32 Å². The molecule has 2 aromatic rings. The number of benzene rings is 2. The predicted octanol–water partition coefficient (Wildman–Crippen LogP) is 3.67. The van der Waals surface area contributed by atoms with Gasteiger partial charge in [0.15, 0.2) is 0 Å². The number of amides is 1. The SMILES string of the molecule is COCCOC(=O)c1ccc(NC(=O)c2c(C)cc(C)cc2C)cc1. The molecule has 5 heteroatoms. The van der Waals surface area contributed by atoms with Gasteiger partial charge in [-0.1, -0.05) is 17.7 Å². The Hall–Kier alpha value is -2.66.